The molecule has 1 atom stereocenters. The van der Waals surface area contributed by atoms with E-state index in [0.717, 1.165) is 11.4 Å². The molecule has 0 bridgehead atoms. The number of benzene rings is 2. The summed E-state index contributed by atoms with van der Waals surface area (Å²) >= 11 is 0. The average molecular weight is 396 g/mol. The Bertz CT molecular complexity index is 1030. The van der Waals surface area contributed by atoms with Crippen LogP contribution in [0.4, 0.5) is 4.39 Å². The molecule has 0 aliphatic rings. The molecule has 0 saturated heterocycles. The lowest BCUT2D eigenvalue weighted by atomic mass is 9.99. The van der Waals surface area contributed by atoms with Crippen molar-refractivity contribution in [2.45, 2.75) is 39.7 Å². The summed E-state index contributed by atoms with van der Waals surface area (Å²) in [6.07, 6.45) is 1.46. The molecule has 0 aliphatic carbocycles. The molecule has 0 spiro atoms. The third-order valence-electron chi connectivity index (χ3n) is 4.60. The normalized spacial score (nSPS) is 12.2. The number of carbonyl (C=O) groups excluding carboxylic acids is 1. The lowest BCUT2D eigenvalue weighted by molar-refractivity contribution is 0.0922. The Balaban J connectivity index is 2.16. The molecule has 6 nitrogen and oxygen atoms in total. The molecule has 2 aromatic carbocycles. The maximum Gasteiger partial charge on any atom is 0.251 e. The topological polar surface area (TPSA) is 80.0 Å². The highest BCUT2D eigenvalue weighted by Crippen LogP contribution is 2.28. The van der Waals surface area contributed by atoms with Gasteiger partial charge in [0, 0.05) is 23.1 Å². The number of aliphatic hydroxyl groups is 1. The van der Waals surface area contributed by atoms with Crippen molar-refractivity contribution < 1.29 is 14.3 Å². The van der Waals surface area contributed by atoms with Gasteiger partial charge in [-0.15, -0.1) is 0 Å². The number of aliphatic hydroxyl groups excluding tert-OH is 1. The lowest BCUT2D eigenvalue weighted by Gasteiger charge is -2.15. The Morgan fingerprint density at radius 2 is 1.97 bits per heavy atom. The van der Waals surface area contributed by atoms with Gasteiger partial charge in [-0.3, -0.25) is 4.79 Å². The monoisotopic (exact) mass is 396 g/mol. The molecule has 3 rings (SSSR count). The third-order valence-corrected chi connectivity index (χ3v) is 4.60. The van der Waals surface area contributed by atoms with E-state index in [1.807, 2.05) is 26.8 Å². The molecular formula is C22H25FN4O2. The number of aryl methyl sites for hydroxylation is 1. The first kappa shape index (κ1) is 20.7. The summed E-state index contributed by atoms with van der Waals surface area (Å²) in [5.74, 6) is 0.138. The van der Waals surface area contributed by atoms with Gasteiger partial charge in [0.2, 0.25) is 0 Å². The largest absolute Gasteiger partial charge is 0.394 e. The van der Waals surface area contributed by atoms with Gasteiger partial charge in [0.1, 0.15) is 18.0 Å². The van der Waals surface area contributed by atoms with Crippen LogP contribution in [0.15, 0.2) is 42.7 Å². The Labute approximate surface area is 169 Å². The quantitative estimate of drug-likeness (QED) is 0.667. The summed E-state index contributed by atoms with van der Waals surface area (Å²) in [5.41, 5.74) is 2.74. The summed E-state index contributed by atoms with van der Waals surface area (Å²) in [5, 5.41) is 16.3. The second-order valence-electron chi connectivity index (χ2n) is 7.49. The summed E-state index contributed by atoms with van der Waals surface area (Å²) in [6.45, 7) is 7.35. The maximum absolute atomic E-state index is 14.6. The minimum absolute atomic E-state index is 0.115. The van der Waals surface area contributed by atoms with Crippen LogP contribution in [-0.2, 0) is 0 Å². The van der Waals surface area contributed by atoms with Gasteiger partial charge in [0.25, 0.3) is 5.91 Å². The maximum atomic E-state index is 14.6. The molecule has 3 aromatic rings. The van der Waals surface area contributed by atoms with E-state index >= 15 is 0 Å². The van der Waals surface area contributed by atoms with Crippen molar-refractivity contribution >= 4 is 5.91 Å². The fourth-order valence-electron chi connectivity index (χ4n) is 3.07. The second-order valence-corrected chi connectivity index (χ2v) is 7.49. The van der Waals surface area contributed by atoms with Crippen LogP contribution in [-0.4, -0.2) is 38.4 Å². The van der Waals surface area contributed by atoms with Gasteiger partial charge in [-0.05, 0) is 49.2 Å². The van der Waals surface area contributed by atoms with Crippen molar-refractivity contribution in [2.75, 3.05) is 6.61 Å². The molecule has 0 saturated carbocycles. The van der Waals surface area contributed by atoms with Crippen molar-refractivity contribution in [3.63, 3.8) is 0 Å². The fourth-order valence-corrected chi connectivity index (χ4v) is 3.07. The summed E-state index contributed by atoms with van der Waals surface area (Å²) in [6, 6.07) is 9.71. The molecule has 0 radical (unpaired) electrons. The first-order valence-corrected chi connectivity index (χ1v) is 9.53. The molecule has 0 aliphatic heterocycles. The average Bonchev–Trinajstić information content (AvgIpc) is 3.17. The van der Waals surface area contributed by atoms with Crippen molar-refractivity contribution in [1.29, 1.82) is 0 Å². The van der Waals surface area contributed by atoms with Crippen LogP contribution in [0.5, 0.6) is 0 Å². The van der Waals surface area contributed by atoms with E-state index in [9.17, 15) is 14.3 Å². The van der Waals surface area contributed by atoms with Crippen LogP contribution in [0.1, 0.15) is 48.4 Å². The molecule has 1 heterocycles. The Hall–Kier alpha value is -3.06. The lowest BCUT2D eigenvalue weighted by Crippen LogP contribution is -2.35. The van der Waals surface area contributed by atoms with E-state index in [0.29, 0.717) is 22.4 Å². The van der Waals surface area contributed by atoms with Crippen LogP contribution in [0.3, 0.4) is 0 Å². The Morgan fingerprint density at radius 3 is 2.62 bits per heavy atom. The van der Waals surface area contributed by atoms with Crippen LogP contribution in [0, 0.1) is 12.7 Å². The zero-order chi connectivity index (χ0) is 21.1. The van der Waals surface area contributed by atoms with Crippen molar-refractivity contribution in [3.05, 3.63) is 65.5 Å². The summed E-state index contributed by atoms with van der Waals surface area (Å²) in [7, 11) is 0. The Morgan fingerprint density at radius 1 is 1.21 bits per heavy atom. The zero-order valence-corrected chi connectivity index (χ0v) is 17.0. The van der Waals surface area contributed by atoms with Crippen LogP contribution >= 0.6 is 0 Å². The first-order chi connectivity index (χ1) is 13.8. The number of aromatic nitrogens is 3. The molecule has 7 heteroatoms. The number of halogens is 1. The van der Waals surface area contributed by atoms with Crippen LogP contribution in [0.2, 0.25) is 0 Å². The summed E-state index contributed by atoms with van der Waals surface area (Å²) < 4.78 is 16.3. The van der Waals surface area contributed by atoms with Gasteiger partial charge in [-0.25, -0.2) is 14.1 Å². The Kier molecular flexibility index (Phi) is 6.08. The van der Waals surface area contributed by atoms with Crippen molar-refractivity contribution in [1.82, 2.24) is 20.1 Å². The number of nitrogens with one attached hydrogen (secondary N) is 1. The van der Waals surface area contributed by atoms with E-state index in [2.05, 4.69) is 15.4 Å². The molecule has 152 valence electrons. The van der Waals surface area contributed by atoms with Crippen molar-refractivity contribution in [3.8, 4) is 16.8 Å². The number of amides is 1. The minimum Gasteiger partial charge on any atom is -0.394 e. The molecule has 1 aromatic heterocycles. The van der Waals surface area contributed by atoms with Gasteiger partial charge in [0.15, 0.2) is 0 Å². The first-order valence-electron chi connectivity index (χ1n) is 9.53. The van der Waals surface area contributed by atoms with Gasteiger partial charge in [0.05, 0.1) is 12.3 Å². The smallest absolute Gasteiger partial charge is 0.251 e. The molecule has 29 heavy (non-hydrogen) atoms. The predicted molar refractivity (Wildman–Crippen MR) is 110 cm³/mol. The highest BCUT2D eigenvalue weighted by atomic mass is 19.1. The van der Waals surface area contributed by atoms with E-state index < -0.39 is 6.04 Å². The molecule has 0 fully saturated rings. The third kappa shape index (κ3) is 4.51. The number of hydrogen-bond donors (Lipinski definition) is 2. The van der Waals surface area contributed by atoms with E-state index in [4.69, 9.17) is 0 Å². The zero-order valence-electron chi connectivity index (χ0n) is 17.0. The van der Waals surface area contributed by atoms with E-state index in [-0.39, 0.29) is 24.2 Å². The van der Waals surface area contributed by atoms with Gasteiger partial charge in [-0.1, -0.05) is 26.0 Å². The van der Waals surface area contributed by atoms with Crippen LogP contribution < -0.4 is 5.32 Å². The number of nitrogens with zero attached hydrogens (tertiary/aromatic N) is 3. The highest BCUT2D eigenvalue weighted by Gasteiger charge is 2.17. The molecule has 1 amide bonds. The minimum atomic E-state index is -0.400. The molecule has 1 unspecified atom stereocenters. The summed E-state index contributed by atoms with van der Waals surface area (Å²) in [4.78, 5) is 17.0. The number of hydrogen-bond acceptors (Lipinski definition) is 4. The van der Waals surface area contributed by atoms with E-state index in [1.165, 1.54) is 12.4 Å². The number of rotatable bonds is 6. The second kappa shape index (κ2) is 8.53. The van der Waals surface area contributed by atoms with Crippen LogP contribution in [0.25, 0.3) is 16.8 Å². The molecule has 2 N–H and O–H groups in total. The standard InChI is InChI=1S/C22H25FN4O2/c1-13(2)21-24-12-25-27(21)18-9-16(19-6-5-14(3)7-20(19)23)8-17(10-18)22(29)26-15(4)11-28/h5-10,12-13,15,28H,11H2,1-4H3,(H,26,29). The highest BCUT2D eigenvalue weighted by molar-refractivity contribution is 5.96. The number of carbonyl (C=O) groups is 1. The van der Waals surface area contributed by atoms with Gasteiger partial charge >= 0.3 is 0 Å². The molecular weight excluding hydrogens is 371 g/mol. The SMILES string of the molecule is Cc1ccc(-c2cc(C(=O)NC(C)CO)cc(-n3ncnc3C(C)C)c2)c(F)c1. The predicted octanol–water partition coefficient (Wildman–Crippen LogP) is 3.62. The van der Waals surface area contributed by atoms with Crippen molar-refractivity contribution in [2.24, 2.45) is 0 Å². The van der Waals surface area contributed by atoms with E-state index in [1.54, 1.807) is 35.9 Å². The fraction of sp³-hybridized carbons (Fsp3) is 0.318. The van der Waals surface area contributed by atoms with Gasteiger partial charge < -0.3 is 10.4 Å². The van der Waals surface area contributed by atoms with Gasteiger partial charge in [-0.2, -0.15) is 5.10 Å².